The van der Waals surface area contributed by atoms with Gasteiger partial charge >= 0.3 is 5.97 Å². The molecule has 0 amide bonds. The Bertz CT molecular complexity index is 416. The molecule has 0 saturated carbocycles. The first-order chi connectivity index (χ1) is 8.61. The molecule has 1 aromatic rings. The molecule has 5 heteroatoms. The molecule has 2 heterocycles. The predicted molar refractivity (Wildman–Crippen MR) is 68.1 cm³/mol. The molecule has 1 aromatic heterocycles. The zero-order valence-electron chi connectivity index (χ0n) is 11.0. The van der Waals surface area contributed by atoms with Crippen LogP contribution in [0.2, 0.25) is 0 Å². The van der Waals surface area contributed by atoms with Crippen LogP contribution < -0.4 is 0 Å². The SMILES string of the molecule is CCCn1cc(CN2CCC(C)C2C(=O)O)cn1. The molecule has 1 aliphatic rings. The summed E-state index contributed by atoms with van der Waals surface area (Å²) in [5.41, 5.74) is 1.10. The van der Waals surface area contributed by atoms with Crippen LogP contribution in [0.3, 0.4) is 0 Å². The van der Waals surface area contributed by atoms with Gasteiger partial charge in [-0.05, 0) is 25.3 Å². The molecule has 2 atom stereocenters. The van der Waals surface area contributed by atoms with E-state index in [9.17, 15) is 9.90 Å². The van der Waals surface area contributed by atoms with Crippen molar-refractivity contribution in [3.63, 3.8) is 0 Å². The normalized spacial score (nSPS) is 24.6. The van der Waals surface area contributed by atoms with E-state index in [4.69, 9.17) is 0 Å². The third-order valence-corrected chi connectivity index (χ3v) is 3.58. The molecule has 0 spiro atoms. The molecule has 5 nitrogen and oxygen atoms in total. The maximum Gasteiger partial charge on any atom is 0.321 e. The van der Waals surface area contributed by atoms with Gasteiger partial charge in [-0.1, -0.05) is 13.8 Å². The maximum absolute atomic E-state index is 11.3. The van der Waals surface area contributed by atoms with Crippen LogP contribution in [0.1, 0.15) is 32.3 Å². The Morgan fingerprint density at radius 3 is 3.06 bits per heavy atom. The lowest BCUT2D eigenvalue weighted by atomic mass is 10.0. The summed E-state index contributed by atoms with van der Waals surface area (Å²) < 4.78 is 1.92. The molecule has 2 unspecified atom stereocenters. The van der Waals surface area contributed by atoms with E-state index < -0.39 is 5.97 Å². The van der Waals surface area contributed by atoms with E-state index in [2.05, 4.69) is 12.0 Å². The van der Waals surface area contributed by atoms with Crippen molar-refractivity contribution in [2.24, 2.45) is 5.92 Å². The zero-order valence-corrected chi connectivity index (χ0v) is 11.0. The van der Waals surface area contributed by atoms with Crippen molar-refractivity contribution < 1.29 is 9.90 Å². The fraction of sp³-hybridized carbons (Fsp3) is 0.692. The molecule has 1 aliphatic heterocycles. The lowest BCUT2D eigenvalue weighted by Crippen LogP contribution is -2.38. The third-order valence-electron chi connectivity index (χ3n) is 3.58. The molecular weight excluding hydrogens is 230 g/mol. The minimum atomic E-state index is -0.707. The van der Waals surface area contributed by atoms with Crippen molar-refractivity contribution in [3.05, 3.63) is 18.0 Å². The number of aryl methyl sites for hydroxylation is 1. The van der Waals surface area contributed by atoms with Crippen LogP contribution in [0, 0.1) is 5.92 Å². The van der Waals surface area contributed by atoms with Crippen LogP contribution in [-0.2, 0) is 17.9 Å². The predicted octanol–water partition coefficient (Wildman–Crippen LogP) is 1.59. The number of carboxylic acids is 1. The first-order valence-electron chi connectivity index (χ1n) is 6.60. The number of hydrogen-bond donors (Lipinski definition) is 1. The van der Waals surface area contributed by atoms with E-state index in [1.165, 1.54) is 0 Å². The quantitative estimate of drug-likeness (QED) is 0.863. The van der Waals surface area contributed by atoms with Crippen molar-refractivity contribution in [2.45, 2.75) is 45.8 Å². The molecule has 2 rings (SSSR count). The van der Waals surface area contributed by atoms with Crippen LogP contribution >= 0.6 is 0 Å². The highest BCUT2D eigenvalue weighted by Crippen LogP contribution is 2.25. The van der Waals surface area contributed by atoms with Crippen molar-refractivity contribution in [1.82, 2.24) is 14.7 Å². The number of nitrogens with zero attached hydrogens (tertiary/aromatic N) is 3. The average Bonchev–Trinajstić information content (AvgIpc) is 2.87. The summed E-state index contributed by atoms with van der Waals surface area (Å²) >= 11 is 0. The Balaban J connectivity index is 2.01. The molecule has 18 heavy (non-hydrogen) atoms. The summed E-state index contributed by atoms with van der Waals surface area (Å²) in [6.07, 6.45) is 5.88. The van der Waals surface area contributed by atoms with Gasteiger partial charge in [0.15, 0.2) is 0 Å². The van der Waals surface area contributed by atoms with Gasteiger partial charge in [0.1, 0.15) is 6.04 Å². The second-order valence-corrected chi connectivity index (χ2v) is 5.13. The Hall–Kier alpha value is -1.36. The smallest absolute Gasteiger partial charge is 0.321 e. The highest BCUT2D eigenvalue weighted by atomic mass is 16.4. The Kier molecular flexibility index (Phi) is 4.01. The number of rotatable bonds is 5. The van der Waals surface area contributed by atoms with Crippen molar-refractivity contribution in [3.8, 4) is 0 Å². The van der Waals surface area contributed by atoms with Crippen LogP contribution in [0.25, 0.3) is 0 Å². The highest BCUT2D eigenvalue weighted by Gasteiger charge is 2.36. The standard InChI is InChI=1S/C13H21N3O2/c1-3-5-16-9-11(7-14-16)8-15-6-4-10(2)12(15)13(17)18/h7,9-10,12H,3-6,8H2,1-2H3,(H,17,18). The molecular formula is C13H21N3O2. The lowest BCUT2D eigenvalue weighted by molar-refractivity contribution is -0.143. The largest absolute Gasteiger partial charge is 0.480 e. The maximum atomic E-state index is 11.3. The van der Waals surface area contributed by atoms with Crippen LogP contribution in [0.5, 0.6) is 0 Å². The van der Waals surface area contributed by atoms with E-state index in [0.717, 1.165) is 31.5 Å². The Labute approximate surface area is 107 Å². The topological polar surface area (TPSA) is 58.4 Å². The van der Waals surface area contributed by atoms with Gasteiger partial charge in [-0.25, -0.2) is 0 Å². The number of carboxylic acid groups (broad SMARTS) is 1. The van der Waals surface area contributed by atoms with Gasteiger partial charge in [0.2, 0.25) is 0 Å². The average molecular weight is 251 g/mol. The lowest BCUT2D eigenvalue weighted by Gasteiger charge is -2.22. The minimum absolute atomic E-state index is 0.230. The summed E-state index contributed by atoms with van der Waals surface area (Å²) in [4.78, 5) is 13.3. The van der Waals surface area contributed by atoms with Gasteiger partial charge in [-0.2, -0.15) is 5.10 Å². The van der Waals surface area contributed by atoms with Crippen LogP contribution in [-0.4, -0.2) is 38.3 Å². The van der Waals surface area contributed by atoms with E-state index in [0.29, 0.717) is 6.54 Å². The summed E-state index contributed by atoms with van der Waals surface area (Å²) in [6, 6.07) is -0.348. The van der Waals surface area contributed by atoms with E-state index in [1.54, 1.807) is 0 Å². The fourth-order valence-corrected chi connectivity index (χ4v) is 2.68. The van der Waals surface area contributed by atoms with Crippen molar-refractivity contribution in [1.29, 1.82) is 0 Å². The second-order valence-electron chi connectivity index (χ2n) is 5.13. The van der Waals surface area contributed by atoms with E-state index in [1.807, 2.05) is 28.9 Å². The van der Waals surface area contributed by atoms with Crippen LogP contribution in [0.15, 0.2) is 12.4 Å². The molecule has 1 fully saturated rings. The fourth-order valence-electron chi connectivity index (χ4n) is 2.68. The molecule has 1 saturated heterocycles. The number of hydrogen-bond acceptors (Lipinski definition) is 3. The van der Waals surface area contributed by atoms with Gasteiger partial charge < -0.3 is 5.11 Å². The number of likely N-dealkylation sites (tertiary alicyclic amines) is 1. The molecule has 0 aliphatic carbocycles. The van der Waals surface area contributed by atoms with E-state index in [-0.39, 0.29) is 12.0 Å². The minimum Gasteiger partial charge on any atom is -0.480 e. The first kappa shape index (κ1) is 13.1. The van der Waals surface area contributed by atoms with Gasteiger partial charge in [-0.15, -0.1) is 0 Å². The van der Waals surface area contributed by atoms with E-state index >= 15 is 0 Å². The monoisotopic (exact) mass is 251 g/mol. The van der Waals surface area contributed by atoms with Crippen LogP contribution in [0.4, 0.5) is 0 Å². The summed E-state index contributed by atoms with van der Waals surface area (Å²) in [5, 5.41) is 13.5. The van der Waals surface area contributed by atoms with Gasteiger partial charge in [-0.3, -0.25) is 14.4 Å². The number of carbonyl (C=O) groups is 1. The summed E-state index contributed by atoms with van der Waals surface area (Å²) in [5.74, 6) is -0.478. The van der Waals surface area contributed by atoms with Gasteiger partial charge in [0.25, 0.3) is 0 Å². The Morgan fingerprint density at radius 2 is 2.39 bits per heavy atom. The van der Waals surface area contributed by atoms with Gasteiger partial charge in [0.05, 0.1) is 6.20 Å². The zero-order chi connectivity index (χ0) is 13.1. The molecule has 0 bridgehead atoms. The number of aliphatic carboxylic acids is 1. The van der Waals surface area contributed by atoms with Crippen molar-refractivity contribution in [2.75, 3.05) is 6.54 Å². The Morgan fingerprint density at radius 1 is 1.61 bits per heavy atom. The van der Waals surface area contributed by atoms with Crippen molar-refractivity contribution >= 4 is 5.97 Å². The molecule has 100 valence electrons. The second kappa shape index (κ2) is 5.52. The first-order valence-corrected chi connectivity index (χ1v) is 6.60. The van der Waals surface area contributed by atoms with Gasteiger partial charge in [0, 0.05) is 24.8 Å². The molecule has 1 N–H and O–H groups in total. The number of aromatic nitrogens is 2. The highest BCUT2D eigenvalue weighted by molar-refractivity contribution is 5.74. The summed E-state index contributed by atoms with van der Waals surface area (Å²) in [6.45, 7) is 6.59. The molecule has 0 radical (unpaired) electrons. The summed E-state index contributed by atoms with van der Waals surface area (Å²) in [7, 11) is 0. The third kappa shape index (κ3) is 2.72. The molecule has 0 aromatic carbocycles.